The molecule has 1 aromatic carbocycles. The molecule has 0 unspecified atom stereocenters. The summed E-state index contributed by atoms with van der Waals surface area (Å²) in [5.41, 5.74) is 0.861. The maximum atomic E-state index is 11.5. The molecular formula is C16H18N2O4. The standard InChI is InChI=1S/C16H18N2O4/c1-2-20-14-7-5-13(6-8-14)10-18-22-12-16(19)17-11-15-4-3-9-21-15/h3-10H,2,11-12H2,1H3,(H,17,19)/b18-10-. The number of amides is 1. The molecule has 6 nitrogen and oxygen atoms in total. The molecule has 6 heteroatoms. The second-order valence-corrected chi connectivity index (χ2v) is 4.37. The first kappa shape index (κ1) is 15.6. The van der Waals surface area contributed by atoms with Gasteiger partial charge in [0.25, 0.3) is 5.91 Å². The fourth-order valence-corrected chi connectivity index (χ4v) is 1.66. The second-order valence-electron chi connectivity index (χ2n) is 4.37. The Bertz CT molecular complexity index is 591. The molecule has 1 aromatic heterocycles. The first-order valence-electron chi connectivity index (χ1n) is 6.95. The van der Waals surface area contributed by atoms with Crippen molar-refractivity contribution >= 4 is 12.1 Å². The van der Waals surface area contributed by atoms with E-state index in [-0.39, 0.29) is 12.5 Å². The van der Waals surface area contributed by atoms with Crippen LogP contribution in [0.3, 0.4) is 0 Å². The van der Waals surface area contributed by atoms with E-state index in [1.54, 1.807) is 18.4 Å². The number of benzene rings is 1. The van der Waals surface area contributed by atoms with Gasteiger partial charge in [-0.05, 0) is 48.9 Å². The van der Waals surface area contributed by atoms with Crippen molar-refractivity contribution in [3.05, 3.63) is 54.0 Å². The van der Waals surface area contributed by atoms with Gasteiger partial charge in [0, 0.05) is 0 Å². The summed E-state index contributed by atoms with van der Waals surface area (Å²) in [7, 11) is 0. The van der Waals surface area contributed by atoms with Gasteiger partial charge in [0.05, 0.1) is 25.6 Å². The second kappa shape index (κ2) is 8.51. The van der Waals surface area contributed by atoms with Crippen LogP contribution in [0.15, 0.2) is 52.2 Å². The van der Waals surface area contributed by atoms with Crippen molar-refractivity contribution in [1.29, 1.82) is 0 Å². The van der Waals surface area contributed by atoms with Crippen LogP contribution in [0.5, 0.6) is 5.75 Å². The number of furan rings is 1. The molecule has 0 saturated heterocycles. The van der Waals surface area contributed by atoms with E-state index in [2.05, 4.69) is 10.5 Å². The van der Waals surface area contributed by atoms with E-state index in [0.717, 1.165) is 11.3 Å². The maximum absolute atomic E-state index is 11.5. The fourth-order valence-electron chi connectivity index (χ4n) is 1.66. The average Bonchev–Trinajstić information content (AvgIpc) is 3.05. The van der Waals surface area contributed by atoms with E-state index in [0.29, 0.717) is 18.9 Å². The minimum atomic E-state index is -0.264. The van der Waals surface area contributed by atoms with Gasteiger partial charge in [-0.1, -0.05) is 5.16 Å². The molecule has 1 heterocycles. The topological polar surface area (TPSA) is 73.1 Å². The zero-order valence-electron chi connectivity index (χ0n) is 12.3. The van der Waals surface area contributed by atoms with Crippen molar-refractivity contribution in [3.8, 4) is 5.75 Å². The average molecular weight is 302 g/mol. The van der Waals surface area contributed by atoms with E-state index < -0.39 is 0 Å². The Morgan fingerprint density at radius 1 is 1.32 bits per heavy atom. The molecule has 0 bridgehead atoms. The predicted octanol–water partition coefficient (Wildman–Crippen LogP) is 2.35. The Labute approximate surface area is 128 Å². The van der Waals surface area contributed by atoms with Gasteiger partial charge in [0.15, 0.2) is 6.61 Å². The minimum absolute atomic E-state index is 0.145. The summed E-state index contributed by atoms with van der Waals surface area (Å²) >= 11 is 0. The van der Waals surface area contributed by atoms with E-state index in [1.807, 2.05) is 31.2 Å². The zero-order chi connectivity index (χ0) is 15.6. The highest BCUT2D eigenvalue weighted by atomic mass is 16.6. The highest BCUT2D eigenvalue weighted by Gasteiger charge is 2.02. The zero-order valence-corrected chi connectivity index (χ0v) is 12.3. The van der Waals surface area contributed by atoms with E-state index in [1.165, 1.54) is 6.21 Å². The van der Waals surface area contributed by atoms with Crippen LogP contribution in [0.4, 0.5) is 0 Å². The minimum Gasteiger partial charge on any atom is -0.494 e. The Kier molecular flexibility index (Phi) is 6.04. The van der Waals surface area contributed by atoms with Crippen LogP contribution in [0.25, 0.3) is 0 Å². The number of rotatable bonds is 8. The normalized spacial score (nSPS) is 10.6. The van der Waals surface area contributed by atoms with Gasteiger partial charge in [0.1, 0.15) is 11.5 Å². The summed E-state index contributed by atoms with van der Waals surface area (Å²) in [5, 5.41) is 6.41. The van der Waals surface area contributed by atoms with Crippen LogP contribution in [-0.2, 0) is 16.2 Å². The molecule has 0 fully saturated rings. The van der Waals surface area contributed by atoms with Gasteiger partial charge >= 0.3 is 0 Å². The Morgan fingerprint density at radius 3 is 2.82 bits per heavy atom. The van der Waals surface area contributed by atoms with Gasteiger partial charge < -0.3 is 19.3 Å². The quantitative estimate of drug-likeness (QED) is 0.600. The molecule has 0 radical (unpaired) electrons. The number of nitrogens with one attached hydrogen (secondary N) is 1. The summed E-state index contributed by atoms with van der Waals surface area (Å²) in [5.74, 6) is 1.23. The molecule has 0 spiro atoms. The van der Waals surface area contributed by atoms with E-state index in [9.17, 15) is 4.79 Å². The van der Waals surface area contributed by atoms with E-state index >= 15 is 0 Å². The van der Waals surface area contributed by atoms with Gasteiger partial charge in [0.2, 0.25) is 0 Å². The number of carbonyl (C=O) groups excluding carboxylic acids is 1. The van der Waals surface area contributed by atoms with Crippen LogP contribution in [0.2, 0.25) is 0 Å². The number of ether oxygens (including phenoxy) is 1. The molecular weight excluding hydrogens is 284 g/mol. The van der Waals surface area contributed by atoms with Crippen molar-refractivity contribution in [2.45, 2.75) is 13.5 Å². The largest absolute Gasteiger partial charge is 0.494 e. The number of hydrogen-bond donors (Lipinski definition) is 1. The molecule has 0 aliphatic heterocycles. The first-order chi connectivity index (χ1) is 10.8. The van der Waals surface area contributed by atoms with Gasteiger partial charge in [-0.25, -0.2) is 0 Å². The molecule has 0 aliphatic rings. The highest BCUT2D eigenvalue weighted by molar-refractivity contribution is 5.80. The summed E-state index contributed by atoms with van der Waals surface area (Å²) in [6.45, 7) is 2.75. The van der Waals surface area contributed by atoms with Crippen LogP contribution in [0.1, 0.15) is 18.2 Å². The molecule has 0 aliphatic carbocycles. The lowest BCUT2D eigenvalue weighted by Crippen LogP contribution is -2.26. The number of carbonyl (C=O) groups is 1. The lowest BCUT2D eigenvalue weighted by molar-refractivity contribution is -0.125. The Hall–Kier alpha value is -2.76. The van der Waals surface area contributed by atoms with Gasteiger partial charge in [-0.15, -0.1) is 0 Å². The fraction of sp³-hybridized carbons (Fsp3) is 0.250. The molecule has 0 atom stereocenters. The molecule has 2 aromatic rings. The van der Waals surface area contributed by atoms with Crippen LogP contribution < -0.4 is 10.1 Å². The van der Waals surface area contributed by atoms with Gasteiger partial charge in [-0.2, -0.15) is 0 Å². The predicted molar refractivity (Wildman–Crippen MR) is 81.7 cm³/mol. The molecule has 22 heavy (non-hydrogen) atoms. The molecule has 116 valence electrons. The Balaban J connectivity index is 1.67. The molecule has 2 rings (SSSR count). The van der Waals surface area contributed by atoms with Crippen molar-refractivity contribution in [3.63, 3.8) is 0 Å². The molecule has 1 amide bonds. The number of hydrogen-bond acceptors (Lipinski definition) is 5. The third kappa shape index (κ3) is 5.32. The van der Waals surface area contributed by atoms with E-state index in [4.69, 9.17) is 14.0 Å². The first-order valence-corrected chi connectivity index (χ1v) is 6.95. The van der Waals surface area contributed by atoms with Crippen molar-refractivity contribution in [2.24, 2.45) is 5.16 Å². The summed E-state index contributed by atoms with van der Waals surface area (Å²) in [4.78, 5) is 16.4. The monoisotopic (exact) mass is 302 g/mol. The van der Waals surface area contributed by atoms with Crippen molar-refractivity contribution in [2.75, 3.05) is 13.2 Å². The summed E-state index contributed by atoms with van der Waals surface area (Å²) < 4.78 is 10.4. The lowest BCUT2D eigenvalue weighted by Gasteiger charge is -2.03. The van der Waals surface area contributed by atoms with Crippen molar-refractivity contribution < 1.29 is 18.8 Å². The van der Waals surface area contributed by atoms with Crippen molar-refractivity contribution in [1.82, 2.24) is 5.32 Å². The highest BCUT2D eigenvalue weighted by Crippen LogP contribution is 2.10. The summed E-state index contributed by atoms with van der Waals surface area (Å²) in [6, 6.07) is 11.0. The summed E-state index contributed by atoms with van der Waals surface area (Å²) in [6.07, 6.45) is 3.09. The molecule has 0 saturated carbocycles. The third-order valence-electron chi connectivity index (χ3n) is 2.70. The SMILES string of the molecule is CCOc1ccc(/C=N\OCC(=O)NCc2ccco2)cc1. The van der Waals surface area contributed by atoms with Crippen LogP contribution >= 0.6 is 0 Å². The maximum Gasteiger partial charge on any atom is 0.261 e. The lowest BCUT2D eigenvalue weighted by atomic mass is 10.2. The smallest absolute Gasteiger partial charge is 0.261 e. The number of nitrogens with zero attached hydrogens (tertiary/aromatic N) is 1. The van der Waals surface area contributed by atoms with Crippen LogP contribution in [-0.4, -0.2) is 25.3 Å². The van der Waals surface area contributed by atoms with Gasteiger partial charge in [-0.3, -0.25) is 4.79 Å². The molecule has 1 N–H and O–H groups in total. The Morgan fingerprint density at radius 2 is 2.14 bits per heavy atom. The van der Waals surface area contributed by atoms with Crippen LogP contribution in [0, 0.1) is 0 Å². The number of oxime groups is 1. The third-order valence-corrected chi connectivity index (χ3v) is 2.70.